The maximum Gasteiger partial charge on any atom is 0.188 e. The zero-order chi connectivity index (χ0) is 17.0. The van der Waals surface area contributed by atoms with Crippen molar-refractivity contribution in [2.75, 3.05) is 13.9 Å². The summed E-state index contributed by atoms with van der Waals surface area (Å²) in [6.45, 7) is 7.94. The van der Waals surface area contributed by atoms with Crippen molar-refractivity contribution in [3.05, 3.63) is 52.6 Å². The van der Waals surface area contributed by atoms with Crippen LogP contribution < -0.4 is 15.3 Å². The topological polar surface area (TPSA) is 35.5 Å². The van der Waals surface area contributed by atoms with Gasteiger partial charge in [0.15, 0.2) is 12.6 Å². The quantitative estimate of drug-likeness (QED) is 0.462. The van der Waals surface area contributed by atoms with Crippen LogP contribution in [0.1, 0.15) is 34.0 Å². The number of carbonyl (C=O) groups is 1. The molecule has 3 nitrogen and oxygen atoms in total. The van der Waals surface area contributed by atoms with Crippen molar-refractivity contribution in [2.24, 2.45) is 0 Å². The lowest BCUT2D eigenvalue weighted by atomic mass is 10.1. The van der Waals surface area contributed by atoms with Crippen LogP contribution in [-0.2, 0) is 4.74 Å². The molecule has 1 unspecified atom stereocenters. The number of methoxy groups -OCH3 is 1. The van der Waals surface area contributed by atoms with Gasteiger partial charge in [0.2, 0.25) is 0 Å². The summed E-state index contributed by atoms with van der Waals surface area (Å²) in [5.41, 5.74) is 4.16. The van der Waals surface area contributed by atoms with Gasteiger partial charge in [-0.15, -0.1) is 0 Å². The van der Waals surface area contributed by atoms with Gasteiger partial charge < -0.3 is 9.47 Å². The van der Waals surface area contributed by atoms with Gasteiger partial charge in [0, 0.05) is 18.0 Å². The van der Waals surface area contributed by atoms with Crippen molar-refractivity contribution in [2.45, 2.75) is 27.7 Å². The molecule has 0 aromatic heterocycles. The molecule has 0 spiro atoms. The summed E-state index contributed by atoms with van der Waals surface area (Å²) >= 11 is 0. The van der Waals surface area contributed by atoms with Gasteiger partial charge in [-0.2, -0.15) is 0 Å². The van der Waals surface area contributed by atoms with Gasteiger partial charge in [-0.25, -0.2) is 0 Å². The average molecular weight is 330 g/mol. The van der Waals surface area contributed by atoms with E-state index in [1.54, 1.807) is 14.0 Å². The molecular formula is C19H23O3P. The van der Waals surface area contributed by atoms with Gasteiger partial charge in [-0.3, -0.25) is 4.79 Å². The summed E-state index contributed by atoms with van der Waals surface area (Å²) in [6, 6.07) is 10.3. The zero-order valence-corrected chi connectivity index (χ0v) is 15.3. The van der Waals surface area contributed by atoms with Gasteiger partial charge in [0.05, 0.1) is 0 Å². The minimum absolute atomic E-state index is 0.0972. The monoisotopic (exact) mass is 330 g/mol. The first kappa shape index (κ1) is 17.7. The third-order valence-electron chi connectivity index (χ3n) is 3.56. The summed E-state index contributed by atoms with van der Waals surface area (Å²) in [5, 5.41) is 2.15. The maximum atomic E-state index is 12.0. The molecule has 0 aliphatic heterocycles. The third kappa shape index (κ3) is 4.40. The Morgan fingerprint density at radius 1 is 1.04 bits per heavy atom. The van der Waals surface area contributed by atoms with Crippen molar-refractivity contribution in [1.82, 2.24) is 0 Å². The van der Waals surface area contributed by atoms with Crippen LogP contribution >= 0.6 is 8.58 Å². The first-order valence-corrected chi connectivity index (χ1v) is 8.54. The summed E-state index contributed by atoms with van der Waals surface area (Å²) < 4.78 is 10.8. The lowest BCUT2D eigenvalue weighted by Crippen LogP contribution is -2.16. The van der Waals surface area contributed by atoms with Gasteiger partial charge in [0.1, 0.15) is 5.75 Å². The Morgan fingerprint density at radius 3 is 2.43 bits per heavy atom. The summed E-state index contributed by atoms with van der Waals surface area (Å²) in [6.07, 6.45) is 0. The van der Waals surface area contributed by atoms with Crippen LogP contribution in [0.15, 0.2) is 30.3 Å². The Kier molecular flexibility index (Phi) is 5.92. The molecule has 122 valence electrons. The molecule has 2 aromatic rings. The molecule has 2 aromatic carbocycles. The van der Waals surface area contributed by atoms with Crippen molar-refractivity contribution in [1.29, 1.82) is 0 Å². The number of carbonyl (C=O) groups excluding carboxylic acids is 1. The highest BCUT2D eigenvalue weighted by Crippen LogP contribution is 2.26. The van der Waals surface area contributed by atoms with Gasteiger partial charge in [-0.05, 0) is 56.3 Å². The largest absolute Gasteiger partial charge is 0.467 e. The van der Waals surface area contributed by atoms with E-state index in [-0.39, 0.29) is 12.6 Å². The molecule has 23 heavy (non-hydrogen) atoms. The number of aryl methyl sites for hydroxylation is 3. The Morgan fingerprint density at radius 2 is 1.78 bits per heavy atom. The smallest absolute Gasteiger partial charge is 0.188 e. The second-order valence-corrected chi connectivity index (χ2v) is 7.07. The zero-order valence-electron chi connectivity index (χ0n) is 14.3. The molecular weight excluding hydrogens is 307 g/mol. The molecule has 4 heteroatoms. The van der Waals surface area contributed by atoms with E-state index in [0.717, 1.165) is 33.0 Å². The number of Topliss-reactive ketones (excluding diaryl/α,β-unsaturated/α-hetero) is 1. The number of hydrogen-bond donors (Lipinski definition) is 0. The molecule has 0 saturated carbocycles. The summed E-state index contributed by atoms with van der Waals surface area (Å²) in [4.78, 5) is 12.0. The van der Waals surface area contributed by atoms with Crippen LogP contribution in [0, 0.1) is 20.8 Å². The number of ketones is 1. The highest BCUT2D eigenvalue weighted by Gasteiger charge is 2.13. The molecule has 0 fully saturated rings. The van der Waals surface area contributed by atoms with Crippen LogP contribution in [0.2, 0.25) is 0 Å². The summed E-state index contributed by atoms with van der Waals surface area (Å²) in [7, 11) is 1.98. The normalized spacial score (nSPS) is 11.2. The van der Waals surface area contributed by atoms with E-state index < -0.39 is 0 Å². The lowest BCUT2D eigenvalue weighted by molar-refractivity contribution is 0.0514. The highest BCUT2D eigenvalue weighted by atomic mass is 31.1. The Bertz CT molecular complexity index is 723. The van der Waals surface area contributed by atoms with Crippen LogP contribution in [0.4, 0.5) is 0 Å². The minimum atomic E-state index is 0.0972. The van der Waals surface area contributed by atoms with Crippen LogP contribution in [0.3, 0.4) is 0 Å². The van der Waals surface area contributed by atoms with E-state index in [1.165, 1.54) is 5.56 Å². The highest BCUT2D eigenvalue weighted by molar-refractivity contribution is 7.56. The van der Waals surface area contributed by atoms with E-state index in [2.05, 4.69) is 19.1 Å². The lowest BCUT2D eigenvalue weighted by Gasteiger charge is -2.16. The summed E-state index contributed by atoms with van der Waals surface area (Å²) in [5.74, 6) is 0.950. The molecule has 0 radical (unpaired) electrons. The number of ether oxygens (including phenoxy) is 2. The second-order valence-electron chi connectivity index (χ2n) is 5.74. The van der Waals surface area contributed by atoms with Crippen molar-refractivity contribution in [3.63, 3.8) is 0 Å². The van der Waals surface area contributed by atoms with Crippen LogP contribution in [0.25, 0.3) is 0 Å². The van der Waals surface area contributed by atoms with E-state index in [4.69, 9.17) is 9.47 Å². The molecule has 0 aliphatic carbocycles. The van der Waals surface area contributed by atoms with Gasteiger partial charge in [0.25, 0.3) is 0 Å². The molecule has 0 aliphatic rings. The predicted octanol–water partition coefficient (Wildman–Crippen LogP) is 3.43. The average Bonchev–Trinajstić information content (AvgIpc) is 2.48. The van der Waals surface area contributed by atoms with E-state index in [9.17, 15) is 4.79 Å². The minimum Gasteiger partial charge on any atom is -0.467 e. The predicted molar refractivity (Wildman–Crippen MR) is 97.2 cm³/mol. The first-order valence-electron chi connectivity index (χ1n) is 7.54. The first-order chi connectivity index (χ1) is 10.9. The van der Waals surface area contributed by atoms with Gasteiger partial charge in [-0.1, -0.05) is 32.3 Å². The van der Waals surface area contributed by atoms with Crippen LogP contribution in [-0.4, -0.2) is 19.7 Å². The standard InChI is InChI=1S/C19H23O3P/c1-12-6-7-17(16(9-12)15(4)20)23-18-10-13(2)8-14(3)19(18)22-11-21-5/h6-10,23H,11H2,1-5H3. The second kappa shape index (κ2) is 7.72. The number of benzene rings is 2. The Labute approximate surface area is 139 Å². The molecule has 0 N–H and O–H groups in total. The molecule has 1 atom stereocenters. The van der Waals surface area contributed by atoms with E-state index >= 15 is 0 Å². The molecule has 0 saturated heterocycles. The number of rotatable bonds is 6. The Hall–Kier alpha value is -1.70. The fraction of sp³-hybridized carbons (Fsp3) is 0.316. The fourth-order valence-corrected chi connectivity index (χ4v) is 4.08. The molecule has 0 amide bonds. The van der Waals surface area contributed by atoms with Gasteiger partial charge >= 0.3 is 0 Å². The Balaban J connectivity index is 2.45. The van der Waals surface area contributed by atoms with Crippen molar-refractivity contribution < 1.29 is 14.3 Å². The van der Waals surface area contributed by atoms with Crippen molar-refractivity contribution in [3.8, 4) is 5.75 Å². The number of hydrogen-bond acceptors (Lipinski definition) is 3. The van der Waals surface area contributed by atoms with E-state index in [0.29, 0.717) is 8.58 Å². The molecule has 2 rings (SSSR count). The van der Waals surface area contributed by atoms with E-state index in [1.807, 2.05) is 32.0 Å². The fourth-order valence-electron chi connectivity index (χ4n) is 2.56. The maximum absolute atomic E-state index is 12.0. The third-order valence-corrected chi connectivity index (χ3v) is 4.91. The molecule has 0 heterocycles. The SMILES string of the molecule is COCOc1c(C)cc(C)cc1Pc1ccc(C)cc1C(C)=O. The van der Waals surface area contributed by atoms with Crippen LogP contribution in [0.5, 0.6) is 5.75 Å². The molecule has 0 bridgehead atoms. The van der Waals surface area contributed by atoms with Crippen molar-refractivity contribution >= 4 is 25.0 Å².